The zero-order valence-corrected chi connectivity index (χ0v) is 14.5. The Morgan fingerprint density at radius 3 is 2.69 bits per heavy atom. The van der Waals surface area contributed by atoms with Gasteiger partial charge in [0.2, 0.25) is 0 Å². The van der Waals surface area contributed by atoms with Crippen LogP contribution in [0.4, 0.5) is 10.2 Å². The highest BCUT2D eigenvalue weighted by Gasteiger charge is 2.06. The number of aromatic nitrogens is 3. The average Bonchev–Trinajstić information content (AvgIpc) is 3.05. The van der Waals surface area contributed by atoms with Crippen LogP contribution in [-0.4, -0.2) is 21.5 Å². The zero-order valence-electron chi connectivity index (χ0n) is 14.5. The first kappa shape index (κ1) is 16.3. The number of nitrogens with one attached hydrogen (secondary N) is 2. The third kappa shape index (κ3) is 3.42. The molecule has 0 aliphatic rings. The van der Waals surface area contributed by atoms with Gasteiger partial charge in [0.25, 0.3) is 0 Å². The summed E-state index contributed by atoms with van der Waals surface area (Å²) in [6.45, 7) is 2.62. The highest BCUT2D eigenvalue weighted by Crippen LogP contribution is 2.21. The Morgan fingerprint density at radius 1 is 1.04 bits per heavy atom. The van der Waals surface area contributed by atoms with Crippen molar-refractivity contribution >= 4 is 16.7 Å². The van der Waals surface area contributed by atoms with Crippen LogP contribution in [-0.2, 0) is 6.42 Å². The third-order valence-corrected chi connectivity index (χ3v) is 4.35. The highest BCUT2D eigenvalue weighted by molar-refractivity contribution is 5.83. The number of H-pyrrole nitrogens is 1. The molecule has 5 heteroatoms. The molecular formula is C21H19FN4. The Bertz CT molecular complexity index is 1040. The normalized spacial score (nSPS) is 11.0. The van der Waals surface area contributed by atoms with Gasteiger partial charge >= 0.3 is 0 Å². The lowest BCUT2D eigenvalue weighted by Gasteiger charge is -2.09. The largest absolute Gasteiger partial charge is 0.370 e. The van der Waals surface area contributed by atoms with E-state index >= 15 is 0 Å². The summed E-state index contributed by atoms with van der Waals surface area (Å²) >= 11 is 0. The van der Waals surface area contributed by atoms with Crippen molar-refractivity contribution in [2.45, 2.75) is 13.3 Å². The quantitative estimate of drug-likeness (QED) is 0.549. The Hall–Kier alpha value is -3.21. The Labute approximate surface area is 151 Å². The molecule has 2 aromatic carbocycles. The number of hydrogen-bond donors (Lipinski definition) is 2. The van der Waals surface area contributed by atoms with Gasteiger partial charge in [0.05, 0.1) is 5.69 Å². The summed E-state index contributed by atoms with van der Waals surface area (Å²) in [6.07, 6.45) is 2.94. The van der Waals surface area contributed by atoms with Gasteiger partial charge in [-0.1, -0.05) is 18.2 Å². The molecule has 0 aliphatic carbocycles. The predicted molar refractivity (Wildman–Crippen MR) is 103 cm³/mol. The first-order chi connectivity index (χ1) is 12.7. The molecule has 0 atom stereocenters. The molecule has 4 rings (SSSR count). The monoisotopic (exact) mass is 346 g/mol. The standard InChI is InChI=1S/C21H19FN4/c1-14-25-20(15-6-8-17(22)9-7-15)12-21(26-14)23-11-10-16-13-24-19-5-3-2-4-18(16)19/h2-9,12-13,24H,10-11H2,1H3,(H,23,25,26). The molecular weight excluding hydrogens is 327 g/mol. The molecule has 0 amide bonds. The zero-order chi connectivity index (χ0) is 17.9. The minimum Gasteiger partial charge on any atom is -0.370 e. The van der Waals surface area contributed by atoms with Crippen molar-refractivity contribution in [2.75, 3.05) is 11.9 Å². The van der Waals surface area contributed by atoms with E-state index in [-0.39, 0.29) is 5.82 Å². The number of aryl methyl sites for hydroxylation is 1. The second kappa shape index (κ2) is 6.96. The van der Waals surface area contributed by atoms with E-state index in [0.29, 0.717) is 5.82 Å². The highest BCUT2D eigenvalue weighted by atomic mass is 19.1. The van der Waals surface area contributed by atoms with Crippen molar-refractivity contribution in [3.05, 3.63) is 78.0 Å². The van der Waals surface area contributed by atoms with Crippen molar-refractivity contribution in [2.24, 2.45) is 0 Å². The fourth-order valence-electron chi connectivity index (χ4n) is 3.09. The molecule has 0 unspecified atom stereocenters. The van der Waals surface area contributed by atoms with Crippen LogP contribution < -0.4 is 5.32 Å². The van der Waals surface area contributed by atoms with Crippen LogP contribution in [0.2, 0.25) is 0 Å². The fourth-order valence-corrected chi connectivity index (χ4v) is 3.09. The molecule has 26 heavy (non-hydrogen) atoms. The van der Waals surface area contributed by atoms with E-state index in [2.05, 4.69) is 44.7 Å². The summed E-state index contributed by atoms with van der Waals surface area (Å²) in [7, 11) is 0. The summed E-state index contributed by atoms with van der Waals surface area (Å²) in [5.74, 6) is 1.20. The lowest BCUT2D eigenvalue weighted by atomic mass is 10.1. The van der Waals surface area contributed by atoms with Crippen LogP contribution >= 0.6 is 0 Å². The molecule has 0 bridgehead atoms. The van der Waals surface area contributed by atoms with Gasteiger partial charge in [0.1, 0.15) is 17.5 Å². The van der Waals surface area contributed by atoms with Crippen LogP contribution in [0.1, 0.15) is 11.4 Å². The molecule has 0 saturated carbocycles. The van der Waals surface area contributed by atoms with Crippen molar-refractivity contribution < 1.29 is 4.39 Å². The van der Waals surface area contributed by atoms with Crippen molar-refractivity contribution in [1.29, 1.82) is 0 Å². The van der Waals surface area contributed by atoms with Crippen LogP contribution in [0.5, 0.6) is 0 Å². The molecule has 0 aliphatic heterocycles. The summed E-state index contributed by atoms with van der Waals surface area (Å²) in [6, 6.07) is 16.5. The third-order valence-electron chi connectivity index (χ3n) is 4.35. The minimum absolute atomic E-state index is 0.253. The van der Waals surface area contributed by atoms with Gasteiger partial charge in [-0.3, -0.25) is 0 Å². The van der Waals surface area contributed by atoms with Crippen LogP contribution in [0, 0.1) is 12.7 Å². The lowest BCUT2D eigenvalue weighted by molar-refractivity contribution is 0.628. The molecule has 0 spiro atoms. The number of para-hydroxylation sites is 1. The Balaban J connectivity index is 1.49. The summed E-state index contributed by atoms with van der Waals surface area (Å²) in [5, 5.41) is 4.62. The van der Waals surface area contributed by atoms with Crippen LogP contribution in [0.15, 0.2) is 60.8 Å². The van der Waals surface area contributed by atoms with Gasteiger partial charge in [-0.05, 0) is 49.2 Å². The topological polar surface area (TPSA) is 53.6 Å². The van der Waals surface area contributed by atoms with E-state index in [0.717, 1.165) is 35.6 Å². The van der Waals surface area contributed by atoms with E-state index in [1.807, 2.05) is 19.1 Å². The van der Waals surface area contributed by atoms with Gasteiger partial charge in [-0.2, -0.15) is 0 Å². The smallest absolute Gasteiger partial charge is 0.130 e. The van der Waals surface area contributed by atoms with Crippen molar-refractivity contribution in [1.82, 2.24) is 15.0 Å². The maximum atomic E-state index is 13.1. The van der Waals surface area contributed by atoms with E-state index < -0.39 is 0 Å². The number of benzene rings is 2. The summed E-state index contributed by atoms with van der Waals surface area (Å²) < 4.78 is 13.1. The summed E-state index contributed by atoms with van der Waals surface area (Å²) in [4.78, 5) is 12.2. The number of halogens is 1. The number of anilines is 1. The molecule has 0 fully saturated rings. The van der Waals surface area contributed by atoms with Crippen molar-refractivity contribution in [3.63, 3.8) is 0 Å². The maximum absolute atomic E-state index is 13.1. The summed E-state index contributed by atoms with van der Waals surface area (Å²) in [5.41, 5.74) is 4.08. The Morgan fingerprint density at radius 2 is 1.85 bits per heavy atom. The SMILES string of the molecule is Cc1nc(NCCc2c[nH]c3ccccc23)cc(-c2ccc(F)cc2)n1. The Kier molecular flexibility index (Phi) is 4.35. The fraction of sp³-hybridized carbons (Fsp3) is 0.143. The van der Waals surface area contributed by atoms with Gasteiger partial charge in [0, 0.05) is 35.3 Å². The van der Waals surface area contributed by atoms with Crippen LogP contribution in [0.3, 0.4) is 0 Å². The van der Waals surface area contributed by atoms with E-state index in [4.69, 9.17) is 0 Å². The van der Waals surface area contributed by atoms with Gasteiger partial charge < -0.3 is 10.3 Å². The molecule has 2 N–H and O–H groups in total. The van der Waals surface area contributed by atoms with Crippen molar-refractivity contribution in [3.8, 4) is 11.3 Å². The van der Waals surface area contributed by atoms with Crippen LogP contribution in [0.25, 0.3) is 22.2 Å². The maximum Gasteiger partial charge on any atom is 0.130 e. The number of fused-ring (bicyclic) bond motifs is 1. The van der Waals surface area contributed by atoms with Gasteiger partial charge in [0.15, 0.2) is 0 Å². The number of rotatable bonds is 5. The number of aromatic amines is 1. The first-order valence-electron chi connectivity index (χ1n) is 8.59. The molecule has 0 radical (unpaired) electrons. The van der Waals surface area contributed by atoms with E-state index in [9.17, 15) is 4.39 Å². The minimum atomic E-state index is -0.253. The predicted octanol–water partition coefficient (Wildman–Crippen LogP) is 4.73. The van der Waals surface area contributed by atoms with Gasteiger partial charge in [-0.25, -0.2) is 14.4 Å². The molecule has 2 heterocycles. The van der Waals surface area contributed by atoms with Gasteiger partial charge in [-0.15, -0.1) is 0 Å². The lowest BCUT2D eigenvalue weighted by Crippen LogP contribution is -2.07. The molecule has 2 aromatic heterocycles. The number of nitrogens with zero attached hydrogens (tertiary/aromatic N) is 2. The second-order valence-corrected chi connectivity index (χ2v) is 6.23. The molecule has 4 nitrogen and oxygen atoms in total. The first-order valence-corrected chi connectivity index (χ1v) is 8.59. The molecule has 4 aromatic rings. The second-order valence-electron chi connectivity index (χ2n) is 6.23. The molecule has 0 saturated heterocycles. The van der Waals surface area contributed by atoms with E-state index in [1.54, 1.807) is 12.1 Å². The number of hydrogen-bond acceptors (Lipinski definition) is 3. The van der Waals surface area contributed by atoms with E-state index in [1.165, 1.54) is 23.1 Å². The average molecular weight is 346 g/mol. The molecule has 130 valence electrons.